The van der Waals surface area contributed by atoms with Crippen LogP contribution in [0.15, 0.2) is 24.3 Å². The standard InChI is InChI=1S/C13H16ClN3S/c1-2-15-8-4-7-12-16-17-13(18-12)10-5-3-6-11(14)9-10/h3,5-6,9,15H,2,4,7-8H2,1H3. The van der Waals surface area contributed by atoms with Crippen LogP contribution in [0.4, 0.5) is 0 Å². The second-order valence-electron chi connectivity index (χ2n) is 3.97. The molecule has 18 heavy (non-hydrogen) atoms. The van der Waals surface area contributed by atoms with E-state index in [1.54, 1.807) is 11.3 Å². The van der Waals surface area contributed by atoms with Crippen molar-refractivity contribution in [2.24, 2.45) is 0 Å². The van der Waals surface area contributed by atoms with Crippen molar-refractivity contribution in [3.63, 3.8) is 0 Å². The molecule has 0 aliphatic rings. The predicted molar refractivity (Wildman–Crippen MR) is 77.2 cm³/mol. The number of nitrogens with one attached hydrogen (secondary N) is 1. The molecular formula is C13H16ClN3S. The molecule has 2 aromatic rings. The summed E-state index contributed by atoms with van der Waals surface area (Å²) < 4.78 is 0. The lowest BCUT2D eigenvalue weighted by Crippen LogP contribution is -2.14. The molecule has 1 aromatic heterocycles. The minimum atomic E-state index is 0.733. The second kappa shape index (κ2) is 6.83. The van der Waals surface area contributed by atoms with Gasteiger partial charge in [-0.3, -0.25) is 0 Å². The highest BCUT2D eigenvalue weighted by molar-refractivity contribution is 7.14. The van der Waals surface area contributed by atoms with Gasteiger partial charge in [0.1, 0.15) is 10.0 Å². The van der Waals surface area contributed by atoms with Crippen LogP contribution in [0.25, 0.3) is 10.6 Å². The van der Waals surface area contributed by atoms with Crippen LogP contribution in [-0.4, -0.2) is 23.3 Å². The Kier molecular flexibility index (Phi) is 5.11. The van der Waals surface area contributed by atoms with Crippen molar-refractivity contribution >= 4 is 22.9 Å². The molecular weight excluding hydrogens is 266 g/mol. The molecule has 0 amide bonds. The number of hydrogen-bond donors (Lipinski definition) is 1. The first-order chi connectivity index (χ1) is 8.79. The first kappa shape index (κ1) is 13.5. The van der Waals surface area contributed by atoms with E-state index in [4.69, 9.17) is 11.6 Å². The SMILES string of the molecule is CCNCCCc1nnc(-c2cccc(Cl)c2)s1. The van der Waals surface area contributed by atoms with Crippen molar-refractivity contribution in [3.8, 4) is 10.6 Å². The molecule has 0 spiro atoms. The number of hydrogen-bond acceptors (Lipinski definition) is 4. The third-order valence-corrected chi connectivity index (χ3v) is 3.80. The van der Waals surface area contributed by atoms with Gasteiger partial charge < -0.3 is 5.32 Å². The van der Waals surface area contributed by atoms with E-state index >= 15 is 0 Å². The van der Waals surface area contributed by atoms with Crippen LogP contribution in [-0.2, 0) is 6.42 Å². The highest BCUT2D eigenvalue weighted by Gasteiger charge is 2.06. The van der Waals surface area contributed by atoms with Crippen molar-refractivity contribution in [1.82, 2.24) is 15.5 Å². The Balaban J connectivity index is 1.97. The summed E-state index contributed by atoms with van der Waals surface area (Å²) in [6.07, 6.45) is 2.07. The summed E-state index contributed by atoms with van der Waals surface area (Å²) in [6.45, 7) is 4.16. The largest absolute Gasteiger partial charge is 0.317 e. The lowest BCUT2D eigenvalue weighted by atomic mass is 10.2. The van der Waals surface area contributed by atoms with Crippen LogP contribution >= 0.6 is 22.9 Å². The lowest BCUT2D eigenvalue weighted by molar-refractivity contribution is 0.669. The first-order valence-corrected chi connectivity index (χ1v) is 7.28. The third kappa shape index (κ3) is 3.77. The first-order valence-electron chi connectivity index (χ1n) is 6.08. The summed E-state index contributed by atoms with van der Waals surface area (Å²) >= 11 is 7.61. The van der Waals surface area contributed by atoms with Gasteiger partial charge in [-0.15, -0.1) is 10.2 Å². The maximum atomic E-state index is 5.97. The zero-order chi connectivity index (χ0) is 12.8. The van der Waals surface area contributed by atoms with Gasteiger partial charge in [0.2, 0.25) is 0 Å². The highest BCUT2D eigenvalue weighted by atomic mass is 35.5. The van der Waals surface area contributed by atoms with Crippen LogP contribution in [0.5, 0.6) is 0 Å². The summed E-state index contributed by atoms with van der Waals surface area (Å²) in [5, 5.41) is 14.5. The molecule has 0 fully saturated rings. The van der Waals surface area contributed by atoms with Gasteiger partial charge in [-0.25, -0.2) is 0 Å². The number of aryl methyl sites for hydroxylation is 1. The van der Waals surface area contributed by atoms with Crippen molar-refractivity contribution in [1.29, 1.82) is 0 Å². The van der Waals surface area contributed by atoms with E-state index in [-0.39, 0.29) is 0 Å². The van der Waals surface area contributed by atoms with Gasteiger partial charge in [-0.1, -0.05) is 42.0 Å². The molecule has 1 aromatic carbocycles. The van der Waals surface area contributed by atoms with E-state index in [2.05, 4.69) is 22.4 Å². The molecule has 5 heteroatoms. The van der Waals surface area contributed by atoms with Gasteiger partial charge in [0.05, 0.1) is 0 Å². The predicted octanol–water partition coefficient (Wildman–Crippen LogP) is 3.40. The van der Waals surface area contributed by atoms with E-state index < -0.39 is 0 Å². The Bertz CT molecular complexity index is 498. The number of aromatic nitrogens is 2. The summed E-state index contributed by atoms with van der Waals surface area (Å²) in [5.41, 5.74) is 1.04. The van der Waals surface area contributed by atoms with Crippen molar-refractivity contribution in [2.75, 3.05) is 13.1 Å². The Morgan fingerprint density at radius 2 is 2.22 bits per heavy atom. The van der Waals surface area contributed by atoms with Crippen molar-refractivity contribution < 1.29 is 0 Å². The van der Waals surface area contributed by atoms with Crippen molar-refractivity contribution in [2.45, 2.75) is 19.8 Å². The highest BCUT2D eigenvalue weighted by Crippen LogP contribution is 2.26. The molecule has 0 atom stereocenters. The summed E-state index contributed by atoms with van der Waals surface area (Å²) in [6, 6.07) is 7.73. The molecule has 0 aliphatic heterocycles. The van der Waals surface area contributed by atoms with E-state index in [0.29, 0.717) is 0 Å². The molecule has 0 aliphatic carbocycles. The van der Waals surface area contributed by atoms with Crippen LogP contribution in [0, 0.1) is 0 Å². The molecule has 96 valence electrons. The fourth-order valence-corrected chi connectivity index (χ4v) is 2.70. The van der Waals surface area contributed by atoms with Gasteiger partial charge in [-0.05, 0) is 31.6 Å². The average molecular weight is 282 g/mol. The average Bonchev–Trinajstić information content (AvgIpc) is 2.83. The van der Waals surface area contributed by atoms with E-state index in [9.17, 15) is 0 Å². The Hall–Kier alpha value is -0.970. The molecule has 1 heterocycles. The Morgan fingerprint density at radius 3 is 3.00 bits per heavy atom. The molecule has 1 N–H and O–H groups in total. The van der Waals surface area contributed by atoms with Crippen LogP contribution in [0.2, 0.25) is 5.02 Å². The number of halogens is 1. The quantitative estimate of drug-likeness (QED) is 0.825. The maximum Gasteiger partial charge on any atom is 0.147 e. The molecule has 0 radical (unpaired) electrons. The summed E-state index contributed by atoms with van der Waals surface area (Å²) in [5.74, 6) is 0. The fourth-order valence-electron chi connectivity index (χ4n) is 1.63. The van der Waals surface area contributed by atoms with E-state index in [1.165, 1.54) is 0 Å². The van der Waals surface area contributed by atoms with E-state index in [1.807, 2.05) is 24.3 Å². The lowest BCUT2D eigenvalue weighted by Gasteiger charge is -1.98. The fraction of sp³-hybridized carbons (Fsp3) is 0.385. The third-order valence-electron chi connectivity index (χ3n) is 2.53. The zero-order valence-electron chi connectivity index (χ0n) is 10.3. The molecule has 0 unspecified atom stereocenters. The number of benzene rings is 1. The molecule has 0 saturated heterocycles. The van der Waals surface area contributed by atoms with Gasteiger partial charge in [0.25, 0.3) is 0 Å². The topological polar surface area (TPSA) is 37.8 Å². The monoisotopic (exact) mass is 281 g/mol. The van der Waals surface area contributed by atoms with Gasteiger partial charge in [0.15, 0.2) is 0 Å². The Labute approximate surface area is 116 Å². The Morgan fingerprint density at radius 1 is 1.33 bits per heavy atom. The molecule has 3 nitrogen and oxygen atoms in total. The number of nitrogens with zero attached hydrogens (tertiary/aromatic N) is 2. The smallest absolute Gasteiger partial charge is 0.147 e. The molecule has 2 rings (SSSR count). The number of rotatable bonds is 6. The second-order valence-corrected chi connectivity index (χ2v) is 5.47. The maximum absolute atomic E-state index is 5.97. The normalized spacial score (nSPS) is 10.8. The zero-order valence-corrected chi connectivity index (χ0v) is 11.9. The van der Waals surface area contributed by atoms with Crippen LogP contribution in [0.3, 0.4) is 0 Å². The molecule has 0 bridgehead atoms. The van der Waals surface area contributed by atoms with Crippen LogP contribution < -0.4 is 5.32 Å². The summed E-state index contributed by atoms with van der Waals surface area (Å²) in [4.78, 5) is 0. The summed E-state index contributed by atoms with van der Waals surface area (Å²) in [7, 11) is 0. The van der Waals surface area contributed by atoms with Gasteiger partial charge in [-0.2, -0.15) is 0 Å². The molecule has 0 saturated carbocycles. The van der Waals surface area contributed by atoms with E-state index in [0.717, 1.165) is 46.5 Å². The minimum Gasteiger partial charge on any atom is -0.317 e. The van der Waals surface area contributed by atoms with Gasteiger partial charge in [0, 0.05) is 17.0 Å². The minimum absolute atomic E-state index is 0.733. The van der Waals surface area contributed by atoms with Gasteiger partial charge >= 0.3 is 0 Å². The van der Waals surface area contributed by atoms with Crippen molar-refractivity contribution in [3.05, 3.63) is 34.3 Å². The van der Waals surface area contributed by atoms with Crippen LogP contribution in [0.1, 0.15) is 18.4 Å².